The van der Waals surface area contributed by atoms with Crippen molar-refractivity contribution in [2.24, 2.45) is 0 Å². The summed E-state index contributed by atoms with van der Waals surface area (Å²) in [4.78, 5) is 4.67. The summed E-state index contributed by atoms with van der Waals surface area (Å²) in [6.45, 7) is 11.7. The summed E-state index contributed by atoms with van der Waals surface area (Å²) in [5.41, 5.74) is 7.73. The average molecular weight is 282 g/mol. The van der Waals surface area contributed by atoms with Gasteiger partial charge in [0.05, 0.1) is 11.7 Å². The third kappa shape index (κ3) is 3.92. The number of nitrogens with one attached hydrogen (secondary N) is 1. The summed E-state index contributed by atoms with van der Waals surface area (Å²) in [5.74, 6) is 0. The van der Waals surface area contributed by atoms with Gasteiger partial charge in [0.25, 0.3) is 0 Å². The lowest BCUT2D eigenvalue weighted by atomic mass is 9.97. The first kappa shape index (κ1) is 15.7. The van der Waals surface area contributed by atoms with Gasteiger partial charge in [-0.2, -0.15) is 0 Å². The topological polar surface area (TPSA) is 24.9 Å². The molecule has 1 aromatic carbocycles. The van der Waals surface area contributed by atoms with E-state index in [2.05, 4.69) is 69.2 Å². The molecule has 1 atom stereocenters. The SMILES string of the molecule is CCNC(Cc1ccc(C)c(C)c1)c1ncc(C)cc1C. The van der Waals surface area contributed by atoms with Crippen LogP contribution in [-0.4, -0.2) is 11.5 Å². The lowest BCUT2D eigenvalue weighted by Gasteiger charge is -2.20. The third-order valence-corrected chi connectivity index (χ3v) is 4.05. The second-order valence-electron chi connectivity index (χ2n) is 5.95. The molecule has 2 rings (SSSR count). The minimum atomic E-state index is 0.276. The molecule has 21 heavy (non-hydrogen) atoms. The van der Waals surface area contributed by atoms with Crippen LogP contribution >= 0.6 is 0 Å². The highest BCUT2D eigenvalue weighted by atomic mass is 14.9. The highest BCUT2D eigenvalue weighted by Gasteiger charge is 2.15. The molecule has 0 fully saturated rings. The summed E-state index contributed by atoms with van der Waals surface area (Å²) in [6.07, 6.45) is 2.94. The maximum atomic E-state index is 4.67. The standard InChI is InChI=1S/C19H26N2/c1-6-20-18(19-16(5)9-13(2)12-21-19)11-17-8-7-14(3)15(4)10-17/h7-10,12,18,20H,6,11H2,1-5H3. The number of nitrogens with zero attached hydrogens (tertiary/aromatic N) is 1. The van der Waals surface area contributed by atoms with Crippen molar-refractivity contribution in [1.29, 1.82) is 0 Å². The molecule has 2 heteroatoms. The van der Waals surface area contributed by atoms with E-state index in [1.54, 1.807) is 0 Å². The molecule has 0 aliphatic carbocycles. The van der Waals surface area contributed by atoms with Gasteiger partial charge in [-0.15, -0.1) is 0 Å². The molecule has 2 nitrogen and oxygen atoms in total. The van der Waals surface area contributed by atoms with E-state index in [0.29, 0.717) is 0 Å². The van der Waals surface area contributed by atoms with E-state index in [4.69, 9.17) is 0 Å². The van der Waals surface area contributed by atoms with E-state index < -0.39 is 0 Å². The van der Waals surface area contributed by atoms with Crippen molar-refractivity contribution in [1.82, 2.24) is 10.3 Å². The number of hydrogen-bond donors (Lipinski definition) is 1. The molecule has 1 unspecified atom stereocenters. The zero-order chi connectivity index (χ0) is 15.4. The minimum absolute atomic E-state index is 0.276. The Morgan fingerprint density at radius 2 is 1.76 bits per heavy atom. The van der Waals surface area contributed by atoms with Crippen LogP contribution in [0.2, 0.25) is 0 Å². The van der Waals surface area contributed by atoms with Crippen LogP contribution in [0.25, 0.3) is 0 Å². The molecule has 1 N–H and O–H groups in total. The van der Waals surface area contributed by atoms with Gasteiger partial charge in [0.1, 0.15) is 0 Å². The normalized spacial score (nSPS) is 12.4. The van der Waals surface area contributed by atoms with Gasteiger partial charge in [0.2, 0.25) is 0 Å². The van der Waals surface area contributed by atoms with Crippen molar-refractivity contribution in [2.75, 3.05) is 6.54 Å². The third-order valence-electron chi connectivity index (χ3n) is 4.05. The van der Waals surface area contributed by atoms with Crippen LogP contribution in [0.5, 0.6) is 0 Å². The summed E-state index contributed by atoms with van der Waals surface area (Å²) in [6, 6.07) is 9.23. The van der Waals surface area contributed by atoms with Gasteiger partial charge in [-0.3, -0.25) is 4.98 Å². The van der Waals surface area contributed by atoms with E-state index in [1.165, 1.54) is 33.5 Å². The number of aromatic nitrogens is 1. The molecular weight excluding hydrogens is 256 g/mol. The molecule has 1 heterocycles. The van der Waals surface area contributed by atoms with E-state index in [0.717, 1.165) is 13.0 Å². The van der Waals surface area contributed by atoms with Gasteiger partial charge in [-0.1, -0.05) is 31.2 Å². The number of benzene rings is 1. The fourth-order valence-electron chi connectivity index (χ4n) is 2.77. The van der Waals surface area contributed by atoms with Crippen molar-refractivity contribution in [2.45, 2.75) is 47.1 Å². The van der Waals surface area contributed by atoms with Gasteiger partial charge in [0.15, 0.2) is 0 Å². The summed E-state index contributed by atoms with van der Waals surface area (Å²) in [7, 11) is 0. The van der Waals surface area contributed by atoms with Gasteiger partial charge in [0, 0.05) is 6.20 Å². The van der Waals surface area contributed by atoms with Crippen molar-refractivity contribution in [3.63, 3.8) is 0 Å². The zero-order valence-electron chi connectivity index (χ0n) is 13.8. The molecule has 0 spiro atoms. The molecule has 0 amide bonds. The molecule has 0 saturated carbocycles. The minimum Gasteiger partial charge on any atom is -0.309 e. The van der Waals surface area contributed by atoms with Crippen molar-refractivity contribution >= 4 is 0 Å². The molecule has 2 aromatic rings. The predicted molar refractivity (Wildman–Crippen MR) is 89.7 cm³/mol. The number of hydrogen-bond acceptors (Lipinski definition) is 2. The second-order valence-corrected chi connectivity index (χ2v) is 5.95. The average Bonchev–Trinajstić information content (AvgIpc) is 2.42. The van der Waals surface area contributed by atoms with Crippen LogP contribution in [0, 0.1) is 27.7 Å². The molecule has 0 aliphatic heterocycles. The lowest BCUT2D eigenvalue weighted by Crippen LogP contribution is -2.24. The molecular formula is C19H26N2. The van der Waals surface area contributed by atoms with Gasteiger partial charge in [-0.25, -0.2) is 0 Å². The molecule has 0 bridgehead atoms. The fraction of sp³-hybridized carbons (Fsp3) is 0.421. The Morgan fingerprint density at radius 1 is 1.00 bits per heavy atom. The monoisotopic (exact) mass is 282 g/mol. The van der Waals surface area contributed by atoms with E-state index in [1.807, 2.05) is 6.20 Å². The van der Waals surface area contributed by atoms with Crippen molar-refractivity contribution < 1.29 is 0 Å². The number of rotatable bonds is 5. The first-order valence-corrected chi connectivity index (χ1v) is 7.74. The molecule has 0 radical (unpaired) electrons. The maximum Gasteiger partial charge on any atom is 0.0605 e. The largest absolute Gasteiger partial charge is 0.309 e. The van der Waals surface area contributed by atoms with Gasteiger partial charge in [-0.05, 0) is 68.5 Å². The Bertz CT molecular complexity index is 617. The Morgan fingerprint density at radius 3 is 2.38 bits per heavy atom. The van der Waals surface area contributed by atoms with Gasteiger partial charge >= 0.3 is 0 Å². The quantitative estimate of drug-likeness (QED) is 0.888. The zero-order valence-corrected chi connectivity index (χ0v) is 13.8. The number of pyridine rings is 1. The first-order valence-electron chi connectivity index (χ1n) is 7.74. The lowest BCUT2D eigenvalue weighted by molar-refractivity contribution is 0.533. The first-order chi connectivity index (χ1) is 10.0. The number of likely N-dealkylation sites (N-methyl/N-ethyl adjacent to an activating group) is 1. The molecule has 112 valence electrons. The maximum absolute atomic E-state index is 4.67. The molecule has 0 aliphatic rings. The highest BCUT2D eigenvalue weighted by molar-refractivity contribution is 5.32. The predicted octanol–water partition coefficient (Wildman–Crippen LogP) is 4.21. The summed E-state index contributed by atoms with van der Waals surface area (Å²) >= 11 is 0. The molecule has 1 aromatic heterocycles. The highest BCUT2D eigenvalue weighted by Crippen LogP contribution is 2.22. The second kappa shape index (κ2) is 6.86. The van der Waals surface area contributed by atoms with Crippen LogP contribution in [0.4, 0.5) is 0 Å². The van der Waals surface area contributed by atoms with Crippen LogP contribution < -0.4 is 5.32 Å². The number of aryl methyl sites for hydroxylation is 4. The summed E-state index contributed by atoms with van der Waals surface area (Å²) in [5, 5.41) is 3.58. The van der Waals surface area contributed by atoms with E-state index in [-0.39, 0.29) is 6.04 Å². The van der Waals surface area contributed by atoms with Crippen molar-refractivity contribution in [3.05, 3.63) is 64.0 Å². The van der Waals surface area contributed by atoms with Crippen LogP contribution in [0.1, 0.15) is 46.5 Å². The summed E-state index contributed by atoms with van der Waals surface area (Å²) < 4.78 is 0. The van der Waals surface area contributed by atoms with Gasteiger partial charge < -0.3 is 5.32 Å². The van der Waals surface area contributed by atoms with E-state index >= 15 is 0 Å². The Balaban J connectivity index is 2.28. The van der Waals surface area contributed by atoms with Crippen LogP contribution in [0.3, 0.4) is 0 Å². The smallest absolute Gasteiger partial charge is 0.0605 e. The molecule has 0 saturated heterocycles. The Hall–Kier alpha value is -1.67. The van der Waals surface area contributed by atoms with E-state index in [9.17, 15) is 0 Å². The van der Waals surface area contributed by atoms with Crippen LogP contribution in [0.15, 0.2) is 30.5 Å². The van der Waals surface area contributed by atoms with Crippen molar-refractivity contribution in [3.8, 4) is 0 Å². The Kier molecular flexibility index (Phi) is 5.13. The van der Waals surface area contributed by atoms with Crippen LogP contribution in [-0.2, 0) is 6.42 Å². The fourth-order valence-corrected chi connectivity index (χ4v) is 2.77. The Labute approximate surface area is 128 Å².